The number of carbonyl (C=O) groups excluding carboxylic acids is 2. The molecule has 1 fully saturated rings. The predicted molar refractivity (Wildman–Crippen MR) is 176 cm³/mol. The lowest BCUT2D eigenvalue weighted by molar-refractivity contribution is -0.152. The van der Waals surface area contributed by atoms with Crippen LogP contribution in [0.25, 0.3) is 0 Å². The second-order valence-corrected chi connectivity index (χ2v) is 11.3. The van der Waals surface area contributed by atoms with Crippen molar-refractivity contribution >= 4 is 23.9 Å². The number of nitrogens with zero attached hydrogens (tertiary/aromatic N) is 4. The maximum Gasteiger partial charge on any atom is 0.325 e. The number of ether oxygens (including phenoxy) is 5. The average Bonchev–Trinajstić information content (AvgIpc) is 3.04. The Hall–Kier alpha value is -3.34. The van der Waals surface area contributed by atoms with Crippen molar-refractivity contribution in [1.29, 1.82) is 0 Å². The Labute approximate surface area is 283 Å². The van der Waals surface area contributed by atoms with E-state index in [1.54, 1.807) is 23.6 Å². The van der Waals surface area contributed by atoms with Gasteiger partial charge in [0, 0.05) is 66.1 Å². The van der Waals surface area contributed by atoms with Gasteiger partial charge in [0.1, 0.15) is 24.4 Å². The maximum absolute atomic E-state index is 13.4. The van der Waals surface area contributed by atoms with Crippen LogP contribution in [-0.4, -0.2) is 178 Å². The Kier molecular flexibility index (Phi) is 19.6. The number of carboxylic acids is 2. The zero-order valence-electron chi connectivity index (χ0n) is 28.8. The number of hydrogen-bond donors (Lipinski definition) is 2. The van der Waals surface area contributed by atoms with Crippen LogP contribution >= 0.6 is 0 Å². The molecule has 15 heteroatoms. The van der Waals surface area contributed by atoms with E-state index in [0.29, 0.717) is 84.3 Å². The summed E-state index contributed by atoms with van der Waals surface area (Å²) in [7, 11) is 1.48. The standard InChI is InChI=1S/C33H54N4O11/c1-5-45-20-21-48-27-10-8-26(9-11-27)22-28(32(42)46-6-2)36-16-12-34(23-30(38)39)14-18-37(29(25-44-4)33(43)47-7-3)19-15-35(13-17-36)24-31(40)41/h8-11,28-29H,5-7,12-25H2,1-4H3,(H,38,39)(H,40,41)/t28?,29-/m0/s1. The van der Waals surface area contributed by atoms with Crippen molar-refractivity contribution in [3.63, 3.8) is 0 Å². The van der Waals surface area contributed by atoms with E-state index in [1.807, 2.05) is 41.0 Å². The predicted octanol–water partition coefficient (Wildman–Crippen LogP) is 0.545. The molecule has 0 bridgehead atoms. The molecule has 1 aromatic carbocycles. The number of hydrogen-bond acceptors (Lipinski definition) is 13. The molecule has 2 N–H and O–H groups in total. The molecular weight excluding hydrogens is 628 g/mol. The van der Waals surface area contributed by atoms with E-state index < -0.39 is 36.0 Å². The fraction of sp³-hybridized carbons (Fsp3) is 0.697. The lowest BCUT2D eigenvalue weighted by atomic mass is 10.0. The van der Waals surface area contributed by atoms with Gasteiger partial charge < -0.3 is 33.9 Å². The first-order valence-corrected chi connectivity index (χ1v) is 16.6. The molecule has 0 saturated carbocycles. The van der Waals surface area contributed by atoms with Gasteiger partial charge in [-0.15, -0.1) is 0 Å². The first-order chi connectivity index (χ1) is 23.1. The third-order valence-corrected chi connectivity index (χ3v) is 7.91. The molecule has 48 heavy (non-hydrogen) atoms. The fourth-order valence-corrected chi connectivity index (χ4v) is 5.48. The Morgan fingerprint density at radius 3 is 1.60 bits per heavy atom. The van der Waals surface area contributed by atoms with E-state index >= 15 is 0 Å². The average molecular weight is 683 g/mol. The monoisotopic (exact) mass is 682 g/mol. The van der Waals surface area contributed by atoms with Gasteiger partial charge in [0.15, 0.2) is 0 Å². The van der Waals surface area contributed by atoms with Crippen LogP contribution in [0, 0.1) is 0 Å². The van der Waals surface area contributed by atoms with Crippen molar-refractivity contribution in [2.24, 2.45) is 0 Å². The molecule has 1 saturated heterocycles. The van der Waals surface area contributed by atoms with Crippen LogP contribution < -0.4 is 4.74 Å². The summed E-state index contributed by atoms with van der Waals surface area (Å²) in [6.07, 6.45) is 0.321. The van der Waals surface area contributed by atoms with Crippen molar-refractivity contribution in [2.75, 3.05) is 112 Å². The van der Waals surface area contributed by atoms with Gasteiger partial charge in [-0.05, 0) is 44.9 Å². The minimum absolute atomic E-state index is 0.0616. The topological polar surface area (TPSA) is 168 Å². The van der Waals surface area contributed by atoms with Crippen molar-refractivity contribution < 1.29 is 53.1 Å². The number of rotatable bonds is 19. The maximum atomic E-state index is 13.4. The van der Waals surface area contributed by atoms with Gasteiger partial charge in [0.2, 0.25) is 0 Å². The van der Waals surface area contributed by atoms with Crippen LogP contribution in [0.15, 0.2) is 24.3 Å². The van der Waals surface area contributed by atoms with Crippen molar-refractivity contribution in [3.8, 4) is 5.75 Å². The first-order valence-electron chi connectivity index (χ1n) is 16.6. The molecule has 0 spiro atoms. The quantitative estimate of drug-likeness (QED) is 0.153. The number of benzene rings is 1. The molecule has 1 aliphatic rings. The molecule has 0 radical (unpaired) electrons. The number of carbonyl (C=O) groups is 4. The molecule has 15 nitrogen and oxygen atoms in total. The zero-order valence-corrected chi connectivity index (χ0v) is 28.8. The molecule has 2 rings (SSSR count). The zero-order chi connectivity index (χ0) is 35.3. The van der Waals surface area contributed by atoms with E-state index in [0.717, 1.165) is 5.56 Å². The minimum Gasteiger partial charge on any atom is -0.491 e. The summed E-state index contributed by atoms with van der Waals surface area (Å²) >= 11 is 0. The molecule has 1 aliphatic heterocycles. The van der Waals surface area contributed by atoms with Crippen LogP contribution in [0.5, 0.6) is 5.75 Å². The molecule has 1 heterocycles. The molecule has 2 atom stereocenters. The van der Waals surface area contributed by atoms with Gasteiger partial charge in [-0.2, -0.15) is 0 Å². The van der Waals surface area contributed by atoms with Crippen LogP contribution in [-0.2, 0) is 44.5 Å². The second-order valence-electron chi connectivity index (χ2n) is 11.3. The van der Waals surface area contributed by atoms with E-state index in [-0.39, 0.29) is 32.9 Å². The number of aliphatic carboxylic acids is 2. The van der Waals surface area contributed by atoms with E-state index in [9.17, 15) is 29.4 Å². The Morgan fingerprint density at radius 2 is 1.17 bits per heavy atom. The Morgan fingerprint density at radius 1 is 0.688 bits per heavy atom. The van der Waals surface area contributed by atoms with E-state index in [2.05, 4.69) is 0 Å². The number of methoxy groups -OCH3 is 1. The normalized spacial score (nSPS) is 17.4. The third-order valence-electron chi connectivity index (χ3n) is 7.91. The van der Waals surface area contributed by atoms with Crippen LogP contribution in [0.3, 0.4) is 0 Å². The third kappa shape index (κ3) is 15.3. The van der Waals surface area contributed by atoms with E-state index in [4.69, 9.17) is 23.7 Å². The summed E-state index contributed by atoms with van der Waals surface area (Å²) in [5, 5.41) is 19.4. The van der Waals surface area contributed by atoms with Crippen LogP contribution in [0.4, 0.5) is 0 Å². The highest BCUT2D eigenvalue weighted by Gasteiger charge is 2.32. The first kappa shape index (κ1) is 40.8. The van der Waals surface area contributed by atoms with Gasteiger partial charge >= 0.3 is 23.9 Å². The molecule has 1 aromatic rings. The minimum atomic E-state index is -1.00. The van der Waals surface area contributed by atoms with Crippen LogP contribution in [0.1, 0.15) is 26.3 Å². The van der Waals surface area contributed by atoms with Gasteiger partial charge in [-0.1, -0.05) is 12.1 Å². The van der Waals surface area contributed by atoms with E-state index in [1.165, 1.54) is 7.11 Å². The lowest BCUT2D eigenvalue weighted by Crippen LogP contribution is -2.54. The molecule has 1 unspecified atom stereocenters. The molecule has 0 aliphatic carbocycles. The highest BCUT2D eigenvalue weighted by Crippen LogP contribution is 2.17. The highest BCUT2D eigenvalue weighted by atomic mass is 16.5. The van der Waals surface area contributed by atoms with Gasteiger partial charge in [0.25, 0.3) is 0 Å². The summed E-state index contributed by atoms with van der Waals surface area (Å²) in [5.41, 5.74) is 0.875. The van der Waals surface area contributed by atoms with Crippen molar-refractivity contribution in [1.82, 2.24) is 19.6 Å². The molecule has 272 valence electrons. The molecule has 0 aromatic heterocycles. The highest BCUT2D eigenvalue weighted by molar-refractivity contribution is 5.76. The number of esters is 2. The molecular formula is C33H54N4O11. The second kappa shape index (κ2) is 23.1. The SMILES string of the molecule is CCOCCOc1ccc(CC(C(=O)OCC)N2CCN(CC(=O)O)CCN([C@@H](COC)C(=O)OCC)CCN(CC(=O)O)CC2)cc1. The smallest absolute Gasteiger partial charge is 0.325 e. The number of carboxylic acid groups (broad SMARTS) is 2. The van der Waals surface area contributed by atoms with Crippen molar-refractivity contribution in [3.05, 3.63) is 29.8 Å². The van der Waals surface area contributed by atoms with Crippen molar-refractivity contribution in [2.45, 2.75) is 39.3 Å². The summed E-state index contributed by atoms with van der Waals surface area (Å²) in [6, 6.07) is 6.00. The summed E-state index contributed by atoms with van der Waals surface area (Å²) in [5.74, 6) is -2.21. The summed E-state index contributed by atoms with van der Waals surface area (Å²) < 4.78 is 27.2. The largest absolute Gasteiger partial charge is 0.491 e. The van der Waals surface area contributed by atoms with Crippen LogP contribution in [0.2, 0.25) is 0 Å². The fourth-order valence-electron chi connectivity index (χ4n) is 5.48. The Bertz CT molecular complexity index is 1080. The van der Waals surface area contributed by atoms with Gasteiger partial charge in [-0.3, -0.25) is 38.8 Å². The summed E-state index contributed by atoms with van der Waals surface area (Å²) in [6.45, 7) is 9.27. The molecule has 0 amide bonds. The lowest BCUT2D eigenvalue weighted by Gasteiger charge is -2.37. The van der Waals surface area contributed by atoms with Gasteiger partial charge in [-0.25, -0.2) is 0 Å². The summed E-state index contributed by atoms with van der Waals surface area (Å²) in [4.78, 5) is 57.4. The van der Waals surface area contributed by atoms with Gasteiger partial charge in [0.05, 0.1) is 39.5 Å². The Balaban J connectivity index is 2.37.